The van der Waals surface area contributed by atoms with E-state index in [0.29, 0.717) is 16.8 Å². The van der Waals surface area contributed by atoms with E-state index in [1.54, 1.807) is 37.2 Å². The summed E-state index contributed by atoms with van der Waals surface area (Å²) >= 11 is 0. The van der Waals surface area contributed by atoms with E-state index in [9.17, 15) is 18.0 Å². The van der Waals surface area contributed by atoms with E-state index in [2.05, 4.69) is 4.74 Å². The number of carbonyl (C=O) groups excluding carboxylic acids is 1. The number of halogens is 3. The van der Waals surface area contributed by atoms with Gasteiger partial charge in [-0.2, -0.15) is 0 Å². The van der Waals surface area contributed by atoms with E-state index < -0.39 is 12.3 Å². The molecule has 1 amide bonds. The highest BCUT2D eigenvalue weighted by Crippen LogP contribution is 2.36. The Hall–Kier alpha value is -2.70. The van der Waals surface area contributed by atoms with Crippen LogP contribution in [0.2, 0.25) is 0 Å². The van der Waals surface area contributed by atoms with Crippen molar-refractivity contribution in [1.29, 1.82) is 0 Å². The van der Waals surface area contributed by atoms with Crippen LogP contribution < -0.4 is 15.4 Å². The first-order valence-corrected chi connectivity index (χ1v) is 6.65. The van der Waals surface area contributed by atoms with Gasteiger partial charge in [0, 0.05) is 30.9 Å². The number of benzene rings is 2. The number of hydrogen-bond acceptors (Lipinski definition) is 3. The third-order valence-corrected chi connectivity index (χ3v) is 3.17. The van der Waals surface area contributed by atoms with Crippen molar-refractivity contribution in [2.75, 3.05) is 19.0 Å². The monoisotopic (exact) mass is 324 g/mol. The van der Waals surface area contributed by atoms with E-state index in [1.165, 1.54) is 24.3 Å². The zero-order chi connectivity index (χ0) is 17.2. The number of ether oxygens (including phenoxy) is 1. The lowest BCUT2D eigenvalue weighted by molar-refractivity contribution is -0.274. The summed E-state index contributed by atoms with van der Waals surface area (Å²) in [5.41, 5.74) is 7.07. The summed E-state index contributed by atoms with van der Waals surface area (Å²) in [4.78, 5) is 13.3. The Labute approximate surface area is 131 Å². The Bertz CT molecular complexity index is 728. The van der Waals surface area contributed by atoms with Crippen LogP contribution in [0, 0.1) is 0 Å². The minimum Gasteiger partial charge on any atom is -0.406 e. The van der Waals surface area contributed by atoms with Crippen molar-refractivity contribution in [3.05, 3.63) is 48.0 Å². The molecule has 0 radical (unpaired) electrons. The number of amides is 1. The number of hydrogen-bond donors (Lipinski definition) is 1. The summed E-state index contributed by atoms with van der Waals surface area (Å²) in [6, 6.07) is 10.4. The average Bonchev–Trinajstić information content (AvgIpc) is 2.45. The SMILES string of the molecule is CN(C)c1ccc(OC(F)(F)F)cc1-c1ccccc1C(N)=O. The highest BCUT2D eigenvalue weighted by atomic mass is 19.4. The minimum absolute atomic E-state index is 0.222. The van der Waals surface area contributed by atoms with E-state index >= 15 is 0 Å². The maximum atomic E-state index is 12.4. The van der Waals surface area contributed by atoms with Gasteiger partial charge in [0.1, 0.15) is 5.75 Å². The van der Waals surface area contributed by atoms with Gasteiger partial charge in [-0.05, 0) is 29.8 Å². The van der Waals surface area contributed by atoms with Crippen LogP contribution in [0.15, 0.2) is 42.5 Å². The van der Waals surface area contributed by atoms with Crippen molar-refractivity contribution in [2.45, 2.75) is 6.36 Å². The maximum Gasteiger partial charge on any atom is 0.573 e. The fourth-order valence-corrected chi connectivity index (χ4v) is 2.25. The number of primary amides is 1. The first kappa shape index (κ1) is 16.7. The van der Waals surface area contributed by atoms with Gasteiger partial charge in [-0.15, -0.1) is 13.2 Å². The van der Waals surface area contributed by atoms with Crippen molar-refractivity contribution in [1.82, 2.24) is 0 Å². The molecule has 0 unspecified atom stereocenters. The fraction of sp³-hybridized carbons (Fsp3) is 0.188. The van der Waals surface area contributed by atoms with Gasteiger partial charge in [-0.25, -0.2) is 0 Å². The molecule has 2 aromatic carbocycles. The maximum absolute atomic E-state index is 12.4. The Balaban J connectivity index is 2.64. The van der Waals surface area contributed by atoms with Gasteiger partial charge in [-0.1, -0.05) is 18.2 Å². The topological polar surface area (TPSA) is 55.6 Å². The molecule has 0 saturated carbocycles. The molecule has 0 saturated heterocycles. The third-order valence-electron chi connectivity index (χ3n) is 3.17. The van der Waals surface area contributed by atoms with Gasteiger partial charge in [0.25, 0.3) is 0 Å². The van der Waals surface area contributed by atoms with Crippen molar-refractivity contribution >= 4 is 11.6 Å². The summed E-state index contributed by atoms with van der Waals surface area (Å²) in [7, 11) is 3.49. The van der Waals surface area contributed by atoms with E-state index in [1.807, 2.05) is 0 Å². The molecule has 2 N–H and O–H groups in total. The molecule has 0 aliphatic carbocycles. The van der Waals surface area contributed by atoms with Gasteiger partial charge in [0.05, 0.1) is 0 Å². The second-order valence-electron chi connectivity index (χ2n) is 5.03. The van der Waals surface area contributed by atoms with Crippen molar-refractivity contribution in [3.8, 4) is 16.9 Å². The molecule has 23 heavy (non-hydrogen) atoms. The molecular formula is C16H15F3N2O2. The van der Waals surface area contributed by atoms with Crippen LogP contribution in [-0.4, -0.2) is 26.4 Å². The normalized spacial score (nSPS) is 11.2. The molecule has 122 valence electrons. The van der Waals surface area contributed by atoms with Gasteiger partial charge in [-0.3, -0.25) is 4.79 Å². The van der Waals surface area contributed by atoms with Crippen molar-refractivity contribution in [3.63, 3.8) is 0 Å². The second kappa shape index (κ2) is 6.20. The quantitative estimate of drug-likeness (QED) is 0.937. The fourth-order valence-electron chi connectivity index (χ4n) is 2.25. The Morgan fingerprint density at radius 1 is 1.09 bits per heavy atom. The van der Waals surface area contributed by atoms with Crippen LogP contribution >= 0.6 is 0 Å². The largest absolute Gasteiger partial charge is 0.573 e. The highest BCUT2D eigenvalue weighted by Gasteiger charge is 2.31. The molecule has 0 heterocycles. The molecule has 7 heteroatoms. The van der Waals surface area contributed by atoms with Gasteiger partial charge >= 0.3 is 6.36 Å². The summed E-state index contributed by atoms with van der Waals surface area (Å²) in [5, 5.41) is 0. The van der Waals surface area contributed by atoms with E-state index in [4.69, 9.17) is 5.73 Å². The van der Waals surface area contributed by atoms with Gasteiger partial charge in [0.2, 0.25) is 5.91 Å². The molecule has 2 rings (SSSR count). The van der Waals surface area contributed by atoms with Gasteiger partial charge < -0.3 is 15.4 Å². The van der Waals surface area contributed by atoms with E-state index in [-0.39, 0.29) is 11.3 Å². The summed E-state index contributed by atoms with van der Waals surface area (Å²) in [5.74, 6) is -1.02. The lowest BCUT2D eigenvalue weighted by Gasteiger charge is -2.20. The summed E-state index contributed by atoms with van der Waals surface area (Å²) in [6.45, 7) is 0. The zero-order valence-electron chi connectivity index (χ0n) is 12.5. The smallest absolute Gasteiger partial charge is 0.406 e. The molecule has 0 fully saturated rings. The summed E-state index contributed by atoms with van der Waals surface area (Å²) in [6.07, 6.45) is -4.79. The number of anilines is 1. The highest BCUT2D eigenvalue weighted by molar-refractivity contribution is 6.01. The number of carbonyl (C=O) groups is 1. The van der Waals surface area contributed by atoms with E-state index in [0.717, 1.165) is 0 Å². The summed E-state index contributed by atoms with van der Waals surface area (Å²) < 4.78 is 41.3. The molecule has 0 aliphatic heterocycles. The lowest BCUT2D eigenvalue weighted by Crippen LogP contribution is -2.18. The molecule has 2 aromatic rings. The van der Waals surface area contributed by atoms with Crippen molar-refractivity contribution in [2.24, 2.45) is 5.73 Å². The third kappa shape index (κ3) is 3.94. The molecule has 0 spiro atoms. The zero-order valence-corrected chi connectivity index (χ0v) is 12.5. The van der Waals surface area contributed by atoms with Crippen LogP contribution in [0.4, 0.5) is 18.9 Å². The van der Waals surface area contributed by atoms with Gasteiger partial charge in [0.15, 0.2) is 0 Å². The Morgan fingerprint density at radius 3 is 2.30 bits per heavy atom. The number of alkyl halides is 3. The Morgan fingerprint density at radius 2 is 1.74 bits per heavy atom. The van der Waals surface area contributed by atoms with Crippen LogP contribution in [-0.2, 0) is 0 Å². The molecule has 0 bridgehead atoms. The number of rotatable bonds is 4. The van der Waals surface area contributed by atoms with Crippen molar-refractivity contribution < 1.29 is 22.7 Å². The average molecular weight is 324 g/mol. The first-order chi connectivity index (χ1) is 10.7. The Kier molecular flexibility index (Phi) is 4.49. The molecule has 0 aliphatic rings. The van der Waals surface area contributed by atoms with Crippen LogP contribution in [0.5, 0.6) is 5.75 Å². The predicted molar refractivity (Wildman–Crippen MR) is 81.4 cm³/mol. The van der Waals surface area contributed by atoms with Crippen LogP contribution in [0.25, 0.3) is 11.1 Å². The molecular weight excluding hydrogens is 309 g/mol. The molecule has 4 nitrogen and oxygen atoms in total. The minimum atomic E-state index is -4.79. The number of nitrogens with two attached hydrogens (primary N) is 1. The van der Waals surface area contributed by atoms with Crippen LogP contribution in [0.3, 0.4) is 0 Å². The molecule has 0 atom stereocenters. The predicted octanol–water partition coefficient (Wildman–Crippen LogP) is 3.42. The number of nitrogens with zero attached hydrogens (tertiary/aromatic N) is 1. The standard InChI is InChI=1S/C16H15F3N2O2/c1-21(2)14-8-7-10(23-16(17,18)19)9-13(14)11-5-3-4-6-12(11)15(20)22/h3-9H,1-2H3,(H2,20,22). The lowest BCUT2D eigenvalue weighted by atomic mass is 9.97. The second-order valence-corrected chi connectivity index (χ2v) is 5.03. The van der Waals surface area contributed by atoms with Crippen LogP contribution in [0.1, 0.15) is 10.4 Å². The first-order valence-electron chi connectivity index (χ1n) is 6.65. The molecule has 0 aromatic heterocycles.